The Balaban J connectivity index is 2.45. The summed E-state index contributed by atoms with van der Waals surface area (Å²) in [7, 11) is -1.07. The first kappa shape index (κ1) is 22.4. The van der Waals surface area contributed by atoms with E-state index in [9.17, 15) is 14.4 Å². The van der Waals surface area contributed by atoms with Crippen LogP contribution in [0.15, 0.2) is 23.5 Å². The predicted octanol–water partition coefficient (Wildman–Crippen LogP) is 3.05. The van der Waals surface area contributed by atoms with Gasteiger partial charge in [-0.1, -0.05) is 26.8 Å². The van der Waals surface area contributed by atoms with Crippen LogP contribution in [0.5, 0.6) is 0 Å². The highest BCUT2D eigenvalue weighted by Crippen LogP contribution is 2.45. The van der Waals surface area contributed by atoms with Crippen LogP contribution in [0.2, 0.25) is 18.1 Å². The number of hydrogen-bond donors (Lipinski definition) is 0. The first-order valence-corrected chi connectivity index (χ1v) is 12.2. The molecule has 0 aliphatic carbocycles. The van der Waals surface area contributed by atoms with E-state index in [1.165, 1.54) is 21.0 Å². The van der Waals surface area contributed by atoms with Crippen molar-refractivity contribution in [2.24, 2.45) is 0 Å². The lowest BCUT2D eigenvalue weighted by molar-refractivity contribution is -0.164. The van der Waals surface area contributed by atoms with Crippen molar-refractivity contribution in [1.82, 2.24) is 0 Å². The van der Waals surface area contributed by atoms with E-state index in [1.54, 1.807) is 12.2 Å². The Kier molecular flexibility index (Phi) is 5.97. The van der Waals surface area contributed by atoms with Crippen LogP contribution in [0.25, 0.3) is 0 Å². The number of fused-ring (bicyclic) bond motifs is 2. The van der Waals surface area contributed by atoms with E-state index in [2.05, 4.69) is 38.6 Å². The fraction of sp³-hybridized carbons (Fsp3) is 0.650. The Morgan fingerprint density at radius 2 is 1.89 bits per heavy atom. The van der Waals surface area contributed by atoms with Gasteiger partial charge in [0.2, 0.25) is 8.32 Å². The number of ketones is 1. The normalized spacial score (nSPS) is 25.4. The largest absolute Gasteiger partial charge is 0.546 e. The van der Waals surface area contributed by atoms with Gasteiger partial charge in [-0.25, -0.2) is 9.59 Å². The Labute approximate surface area is 167 Å². The molecule has 0 aromatic carbocycles. The van der Waals surface area contributed by atoms with E-state index in [0.717, 1.165) is 0 Å². The van der Waals surface area contributed by atoms with Gasteiger partial charge in [0.05, 0.1) is 12.9 Å². The standard InChI is InChI=1S/C20H30O7Si/c1-12(17(22)24-6)25-18(23)16-14-9-10-20(26-14,13(2)21)11-15(16)27-28(7,8)19(3,4)5/h9-10,12,14H,11H2,1-8H3/t12-,14-,20+/m0/s1. The lowest BCUT2D eigenvalue weighted by atomic mass is 9.92. The van der Waals surface area contributed by atoms with Gasteiger partial charge in [0.15, 0.2) is 17.5 Å². The molecule has 3 atom stereocenters. The molecule has 0 unspecified atom stereocenters. The maximum absolute atomic E-state index is 12.9. The maximum atomic E-state index is 12.9. The summed E-state index contributed by atoms with van der Waals surface area (Å²) >= 11 is 0. The summed E-state index contributed by atoms with van der Waals surface area (Å²) in [5, 5.41) is -0.109. The van der Waals surface area contributed by atoms with Crippen LogP contribution in [-0.2, 0) is 33.0 Å². The molecule has 7 nitrogen and oxygen atoms in total. The molecule has 2 aliphatic heterocycles. The van der Waals surface area contributed by atoms with E-state index in [-0.39, 0.29) is 22.8 Å². The average molecular weight is 411 g/mol. The number of carbonyl (C=O) groups is 3. The summed E-state index contributed by atoms with van der Waals surface area (Å²) in [6, 6.07) is 0. The van der Waals surface area contributed by atoms with E-state index < -0.39 is 38.1 Å². The molecule has 0 radical (unpaired) electrons. The first-order valence-electron chi connectivity index (χ1n) is 9.33. The van der Waals surface area contributed by atoms with Crippen molar-refractivity contribution in [2.45, 2.75) is 77.0 Å². The molecule has 0 saturated heterocycles. The highest BCUT2D eigenvalue weighted by atomic mass is 28.4. The lowest BCUT2D eigenvalue weighted by Gasteiger charge is -2.41. The summed E-state index contributed by atoms with van der Waals surface area (Å²) in [5.41, 5.74) is -0.925. The monoisotopic (exact) mass is 410 g/mol. The summed E-state index contributed by atoms with van der Waals surface area (Å²) in [4.78, 5) is 36.8. The molecule has 0 amide bonds. The molecule has 156 valence electrons. The van der Waals surface area contributed by atoms with Crippen LogP contribution in [-0.4, -0.2) is 51.0 Å². The van der Waals surface area contributed by atoms with Gasteiger partial charge in [-0.05, 0) is 38.1 Å². The van der Waals surface area contributed by atoms with Crippen molar-refractivity contribution >= 4 is 26.0 Å². The van der Waals surface area contributed by atoms with E-state index >= 15 is 0 Å². The Morgan fingerprint density at radius 1 is 1.29 bits per heavy atom. The fourth-order valence-electron chi connectivity index (χ4n) is 2.84. The lowest BCUT2D eigenvalue weighted by Crippen LogP contribution is -2.47. The van der Waals surface area contributed by atoms with Gasteiger partial charge < -0.3 is 18.6 Å². The highest BCUT2D eigenvalue weighted by Gasteiger charge is 2.51. The smallest absolute Gasteiger partial charge is 0.346 e. The molecule has 2 heterocycles. The van der Waals surface area contributed by atoms with Crippen molar-refractivity contribution in [1.29, 1.82) is 0 Å². The number of methoxy groups -OCH3 is 1. The van der Waals surface area contributed by atoms with E-state index in [0.29, 0.717) is 5.76 Å². The minimum absolute atomic E-state index is 0.109. The molecule has 0 saturated carbocycles. The molecule has 0 spiro atoms. The fourth-order valence-corrected chi connectivity index (χ4v) is 3.95. The van der Waals surface area contributed by atoms with Crippen molar-refractivity contribution in [3.8, 4) is 0 Å². The zero-order chi connectivity index (χ0) is 21.5. The molecule has 2 rings (SSSR count). The van der Waals surface area contributed by atoms with Gasteiger partial charge in [0.1, 0.15) is 11.7 Å². The Hall–Kier alpha value is -1.93. The molecule has 0 aromatic heterocycles. The zero-order valence-corrected chi connectivity index (χ0v) is 18.9. The number of Topliss-reactive ketones (excluding diaryl/α,β-unsaturated/α-hetero) is 1. The second-order valence-corrected chi connectivity index (χ2v) is 13.5. The van der Waals surface area contributed by atoms with Crippen LogP contribution in [0.4, 0.5) is 0 Å². The molecule has 28 heavy (non-hydrogen) atoms. The molecular weight excluding hydrogens is 380 g/mol. The molecule has 0 N–H and O–H groups in total. The topological polar surface area (TPSA) is 88.1 Å². The predicted molar refractivity (Wildman–Crippen MR) is 105 cm³/mol. The second kappa shape index (κ2) is 7.48. The molecule has 0 fully saturated rings. The quantitative estimate of drug-likeness (QED) is 0.378. The van der Waals surface area contributed by atoms with Gasteiger partial charge in [-0.3, -0.25) is 4.79 Å². The van der Waals surface area contributed by atoms with Crippen molar-refractivity contribution in [2.75, 3.05) is 7.11 Å². The molecule has 2 aliphatic rings. The summed E-state index contributed by atoms with van der Waals surface area (Å²) < 4.78 is 22.2. The number of rotatable bonds is 6. The third kappa shape index (κ3) is 4.07. The van der Waals surface area contributed by atoms with Crippen LogP contribution in [0.1, 0.15) is 41.0 Å². The maximum Gasteiger partial charge on any atom is 0.346 e. The van der Waals surface area contributed by atoms with Crippen LogP contribution in [0, 0.1) is 0 Å². The van der Waals surface area contributed by atoms with Crippen molar-refractivity contribution in [3.05, 3.63) is 23.5 Å². The van der Waals surface area contributed by atoms with Crippen molar-refractivity contribution in [3.63, 3.8) is 0 Å². The van der Waals surface area contributed by atoms with Gasteiger partial charge >= 0.3 is 11.9 Å². The van der Waals surface area contributed by atoms with E-state index in [4.69, 9.17) is 13.9 Å². The first-order chi connectivity index (χ1) is 12.7. The molecule has 8 heteroatoms. The van der Waals surface area contributed by atoms with Crippen LogP contribution < -0.4 is 0 Å². The number of esters is 2. The Bertz CT molecular complexity index is 744. The molecule has 0 aromatic rings. The van der Waals surface area contributed by atoms with Gasteiger partial charge in [0, 0.05) is 6.42 Å². The summed E-state index contributed by atoms with van der Waals surface area (Å²) in [6.45, 7) is 13.3. The minimum Gasteiger partial charge on any atom is -0.546 e. The Morgan fingerprint density at radius 3 is 2.39 bits per heavy atom. The van der Waals surface area contributed by atoms with E-state index in [1.807, 2.05) is 0 Å². The summed E-state index contributed by atoms with van der Waals surface area (Å²) in [6.07, 6.45) is 1.65. The zero-order valence-electron chi connectivity index (χ0n) is 17.9. The number of ether oxygens (including phenoxy) is 3. The van der Waals surface area contributed by atoms with Crippen LogP contribution >= 0.6 is 0 Å². The molecule has 2 bridgehead atoms. The number of hydrogen-bond acceptors (Lipinski definition) is 7. The van der Waals surface area contributed by atoms with Crippen molar-refractivity contribution < 1.29 is 33.0 Å². The average Bonchev–Trinajstić information content (AvgIpc) is 2.91. The summed E-state index contributed by atoms with van der Waals surface area (Å²) in [5.74, 6) is -1.11. The van der Waals surface area contributed by atoms with Gasteiger partial charge in [-0.2, -0.15) is 0 Å². The van der Waals surface area contributed by atoms with Crippen LogP contribution in [0.3, 0.4) is 0 Å². The van der Waals surface area contributed by atoms with Gasteiger partial charge in [0.25, 0.3) is 0 Å². The third-order valence-electron chi connectivity index (χ3n) is 5.70. The third-order valence-corrected chi connectivity index (χ3v) is 10.1. The molecular formula is C20H30O7Si. The SMILES string of the molecule is COC(=O)[C@H](C)OC(=O)C1=C(O[Si](C)(C)C(C)(C)C)C[C@@]2(C(C)=O)C=C[C@@H]1O2. The second-order valence-electron chi connectivity index (χ2n) is 8.79. The highest BCUT2D eigenvalue weighted by molar-refractivity contribution is 6.74. The minimum atomic E-state index is -2.30. The number of carbonyl (C=O) groups excluding carboxylic acids is 3. The van der Waals surface area contributed by atoms with Gasteiger partial charge in [-0.15, -0.1) is 0 Å².